The second-order valence-electron chi connectivity index (χ2n) is 5.15. The Bertz CT molecular complexity index is 676. The maximum absolute atomic E-state index is 11.7. The molecule has 22 heavy (non-hydrogen) atoms. The van der Waals surface area contributed by atoms with Gasteiger partial charge in [-0.3, -0.25) is 9.48 Å². The van der Waals surface area contributed by atoms with Crippen LogP contribution in [0.25, 0.3) is 6.08 Å². The number of carbonyl (C=O) groups excluding carboxylic acids is 1. The quantitative estimate of drug-likeness (QED) is 0.656. The van der Waals surface area contributed by atoms with E-state index in [1.54, 1.807) is 12.1 Å². The van der Waals surface area contributed by atoms with Crippen molar-refractivity contribution in [2.75, 3.05) is 6.54 Å². The van der Waals surface area contributed by atoms with E-state index in [0.717, 1.165) is 29.9 Å². The molecule has 0 saturated heterocycles. The third-order valence-electron chi connectivity index (χ3n) is 3.27. The number of nitrogens with zero attached hydrogens (tertiary/aromatic N) is 2. The molecule has 0 radical (unpaired) electrons. The Morgan fingerprint density at radius 1 is 1.36 bits per heavy atom. The number of hydrogen-bond donors (Lipinski definition) is 1. The van der Waals surface area contributed by atoms with Crippen molar-refractivity contribution < 1.29 is 4.79 Å². The number of hydrogen-bond acceptors (Lipinski definition) is 2. The second kappa shape index (κ2) is 7.80. The molecule has 0 aliphatic rings. The van der Waals surface area contributed by atoms with Crippen LogP contribution in [-0.4, -0.2) is 22.2 Å². The van der Waals surface area contributed by atoms with Crippen LogP contribution in [0.5, 0.6) is 0 Å². The van der Waals surface area contributed by atoms with E-state index in [0.29, 0.717) is 11.6 Å². The van der Waals surface area contributed by atoms with Crippen LogP contribution >= 0.6 is 11.6 Å². The van der Waals surface area contributed by atoms with E-state index in [2.05, 4.69) is 10.4 Å². The highest BCUT2D eigenvalue weighted by atomic mass is 35.5. The fourth-order valence-corrected chi connectivity index (χ4v) is 2.38. The molecule has 0 saturated carbocycles. The van der Waals surface area contributed by atoms with Gasteiger partial charge in [0, 0.05) is 29.9 Å². The summed E-state index contributed by atoms with van der Waals surface area (Å²) in [4.78, 5) is 11.7. The van der Waals surface area contributed by atoms with Gasteiger partial charge in [-0.05, 0) is 44.0 Å². The molecule has 0 bridgehead atoms. The van der Waals surface area contributed by atoms with Crippen LogP contribution in [0.15, 0.2) is 36.4 Å². The molecule has 5 heteroatoms. The highest BCUT2D eigenvalue weighted by molar-refractivity contribution is 6.32. The first-order chi connectivity index (χ1) is 10.6. The van der Waals surface area contributed by atoms with Gasteiger partial charge in [-0.1, -0.05) is 29.8 Å². The van der Waals surface area contributed by atoms with E-state index in [1.807, 2.05) is 42.8 Å². The maximum atomic E-state index is 11.7. The fraction of sp³-hybridized carbons (Fsp3) is 0.294. The number of halogens is 1. The lowest BCUT2D eigenvalue weighted by molar-refractivity contribution is -0.116. The summed E-state index contributed by atoms with van der Waals surface area (Å²) in [6, 6.07) is 9.46. The van der Waals surface area contributed by atoms with E-state index in [4.69, 9.17) is 11.6 Å². The SMILES string of the molecule is Cc1cc(C)n(CCCNC(=O)/C=C/c2ccccc2Cl)n1. The topological polar surface area (TPSA) is 46.9 Å². The Morgan fingerprint density at radius 2 is 2.14 bits per heavy atom. The van der Waals surface area contributed by atoms with Gasteiger partial charge in [0.15, 0.2) is 0 Å². The number of amides is 1. The zero-order chi connectivity index (χ0) is 15.9. The van der Waals surface area contributed by atoms with Crippen LogP contribution in [0.3, 0.4) is 0 Å². The van der Waals surface area contributed by atoms with E-state index in [-0.39, 0.29) is 5.91 Å². The van der Waals surface area contributed by atoms with Gasteiger partial charge in [-0.2, -0.15) is 5.10 Å². The van der Waals surface area contributed by atoms with Gasteiger partial charge in [0.1, 0.15) is 0 Å². The van der Waals surface area contributed by atoms with Gasteiger partial charge in [0.25, 0.3) is 0 Å². The van der Waals surface area contributed by atoms with E-state index < -0.39 is 0 Å². The lowest BCUT2D eigenvalue weighted by atomic mass is 10.2. The van der Waals surface area contributed by atoms with Crippen molar-refractivity contribution >= 4 is 23.6 Å². The van der Waals surface area contributed by atoms with E-state index in [9.17, 15) is 4.79 Å². The summed E-state index contributed by atoms with van der Waals surface area (Å²) in [5, 5.41) is 7.88. The average molecular weight is 318 g/mol. The molecule has 2 rings (SSSR count). The van der Waals surface area contributed by atoms with Crippen molar-refractivity contribution in [3.8, 4) is 0 Å². The van der Waals surface area contributed by atoms with Crippen molar-refractivity contribution in [2.24, 2.45) is 0 Å². The van der Waals surface area contributed by atoms with Crippen LogP contribution < -0.4 is 5.32 Å². The molecule has 2 aromatic rings. The molecule has 0 fully saturated rings. The molecule has 0 spiro atoms. The van der Waals surface area contributed by atoms with Gasteiger partial charge in [0.2, 0.25) is 5.91 Å². The minimum Gasteiger partial charge on any atom is -0.352 e. The molecule has 4 nitrogen and oxygen atoms in total. The zero-order valence-corrected chi connectivity index (χ0v) is 13.6. The first-order valence-electron chi connectivity index (χ1n) is 7.28. The van der Waals surface area contributed by atoms with Gasteiger partial charge in [0.05, 0.1) is 5.69 Å². The van der Waals surface area contributed by atoms with Crippen LogP contribution in [0.4, 0.5) is 0 Å². The molecule has 0 aliphatic carbocycles. The number of carbonyl (C=O) groups is 1. The zero-order valence-electron chi connectivity index (χ0n) is 12.8. The van der Waals surface area contributed by atoms with Crippen LogP contribution in [0.1, 0.15) is 23.4 Å². The first-order valence-corrected chi connectivity index (χ1v) is 7.65. The first kappa shape index (κ1) is 16.3. The third kappa shape index (κ3) is 4.74. The highest BCUT2D eigenvalue weighted by Gasteiger charge is 2.01. The summed E-state index contributed by atoms with van der Waals surface area (Å²) in [6.07, 6.45) is 4.07. The molecular formula is C17H20ClN3O. The van der Waals surface area contributed by atoms with Gasteiger partial charge in [-0.15, -0.1) is 0 Å². The molecule has 1 amide bonds. The van der Waals surface area contributed by atoms with Crippen molar-refractivity contribution in [3.63, 3.8) is 0 Å². The van der Waals surface area contributed by atoms with Crippen LogP contribution in [0, 0.1) is 13.8 Å². The third-order valence-corrected chi connectivity index (χ3v) is 3.61. The molecule has 1 aromatic heterocycles. The Balaban J connectivity index is 1.74. The normalized spacial score (nSPS) is 11.0. The van der Waals surface area contributed by atoms with Gasteiger partial charge < -0.3 is 5.32 Å². The van der Waals surface area contributed by atoms with Crippen molar-refractivity contribution in [2.45, 2.75) is 26.8 Å². The summed E-state index contributed by atoms with van der Waals surface area (Å²) in [7, 11) is 0. The Labute approximate surface area is 135 Å². The maximum Gasteiger partial charge on any atom is 0.244 e. The predicted molar refractivity (Wildman–Crippen MR) is 89.8 cm³/mol. The summed E-state index contributed by atoms with van der Waals surface area (Å²) >= 11 is 6.03. The number of nitrogens with one attached hydrogen (secondary N) is 1. The molecule has 116 valence electrons. The highest BCUT2D eigenvalue weighted by Crippen LogP contribution is 2.15. The lowest BCUT2D eigenvalue weighted by Gasteiger charge is -2.05. The molecular weight excluding hydrogens is 298 g/mol. The van der Waals surface area contributed by atoms with Gasteiger partial charge >= 0.3 is 0 Å². The molecule has 1 aromatic carbocycles. The van der Waals surface area contributed by atoms with Gasteiger partial charge in [-0.25, -0.2) is 0 Å². The monoisotopic (exact) mass is 317 g/mol. The standard InChI is InChI=1S/C17H20ClN3O/c1-13-12-14(2)21(20-13)11-5-10-19-17(22)9-8-15-6-3-4-7-16(15)18/h3-4,6-9,12H,5,10-11H2,1-2H3,(H,19,22)/b9-8+. The summed E-state index contributed by atoms with van der Waals surface area (Å²) in [5.74, 6) is -0.117. The Kier molecular flexibility index (Phi) is 5.78. The largest absolute Gasteiger partial charge is 0.352 e. The number of benzene rings is 1. The van der Waals surface area contributed by atoms with Crippen molar-refractivity contribution in [3.05, 3.63) is 58.4 Å². The molecule has 0 atom stereocenters. The number of aryl methyl sites for hydroxylation is 3. The van der Waals surface area contributed by atoms with Crippen molar-refractivity contribution in [1.82, 2.24) is 15.1 Å². The fourth-order valence-electron chi connectivity index (χ4n) is 2.18. The van der Waals surface area contributed by atoms with E-state index in [1.165, 1.54) is 6.08 Å². The Hall–Kier alpha value is -2.07. The Morgan fingerprint density at radius 3 is 2.82 bits per heavy atom. The number of aromatic nitrogens is 2. The smallest absolute Gasteiger partial charge is 0.244 e. The number of rotatable bonds is 6. The van der Waals surface area contributed by atoms with E-state index >= 15 is 0 Å². The van der Waals surface area contributed by atoms with Crippen LogP contribution in [0.2, 0.25) is 5.02 Å². The average Bonchev–Trinajstić information content (AvgIpc) is 2.81. The summed E-state index contributed by atoms with van der Waals surface area (Å²) in [6.45, 7) is 5.42. The molecule has 1 heterocycles. The molecule has 0 unspecified atom stereocenters. The second-order valence-corrected chi connectivity index (χ2v) is 5.56. The van der Waals surface area contributed by atoms with Crippen LogP contribution in [-0.2, 0) is 11.3 Å². The summed E-state index contributed by atoms with van der Waals surface area (Å²) < 4.78 is 1.96. The predicted octanol–water partition coefficient (Wildman–Crippen LogP) is 3.37. The molecule has 0 aliphatic heterocycles. The van der Waals surface area contributed by atoms with Crippen molar-refractivity contribution in [1.29, 1.82) is 0 Å². The summed E-state index contributed by atoms with van der Waals surface area (Å²) in [5.41, 5.74) is 2.99. The minimum absolute atomic E-state index is 0.117. The lowest BCUT2D eigenvalue weighted by Crippen LogP contribution is -2.23. The molecule has 1 N–H and O–H groups in total. The minimum atomic E-state index is -0.117.